The molecule has 0 atom stereocenters. The molecule has 0 saturated carbocycles. The number of fused-ring (bicyclic) bond motifs is 11. The molecule has 0 unspecified atom stereocenters. The van der Waals surface area contributed by atoms with Gasteiger partial charge in [-0.15, -0.1) is 0 Å². The highest BCUT2D eigenvalue weighted by atomic mass is 15.0. The van der Waals surface area contributed by atoms with Gasteiger partial charge in [0.2, 0.25) is 0 Å². The van der Waals surface area contributed by atoms with Gasteiger partial charge in [-0.2, -0.15) is 0 Å². The molecule has 0 saturated heterocycles. The summed E-state index contributed by atoms with van der Waals surface area (Å²) >= 11 is 0. The lowest BCUT2D eigenvalue weighted by Crippen LogP contribution is -1.95. The average molecular weight is 687 g/mol. The Kier molecular flexibility index (Phi) is 6.02. The zero-order valence-electron chi connectivity index (χ0n) is 29.1. The standard InChI is InChI=1S/C50H30N4/c1-3-14-31(15-4-1)47-37-21-7-10-23-42(37)51-50(52-47)34-17-13-16-32(28-34)33-26-27-45-39(29-33)41-30-40-36-20-8-11-24-43(36)54-44-25-12-9-22-38(44)46(49(40)54)48(41)53(45)35-18-5-2-6-19-35/h1-30H. The zero-order chi connectivity index (χ0) is 35.3. The van der Waals surface area contributed by atoms with Crippen molar-refractivity contribution < 1.29 is 0 Å². The maximum absolute atomic E-state index is 5.18. The normalized spacial score (nSPS) is 12.1. The highest BCUT2D eigenvalue weighted by Crippen LogP contribution is 2.47. The third kappa shape index (κ3) is 4.08. The predicted octanol–water partition coefficient (Wildman–Crippen LogP) is 12.9. The van der Waals surface area contributed by atoms with E-state index in [-0.39, 0.29) is 0 Å². The Morgan fingerprint density at radius 3 is 1.81 bits per heavy atom. The minimum Gasteiger partial charge on any atom is -0.309 e. The van der Waals surface area contributed by atoms with Crippen molar-refractivity contribution in [3.63, 3.8) is 0 Å². The van der Waals surface area contributed by atoms with E-state index in [2.05, 4.69) is 179 Å². The van der Waals surface area contributed by atoms with Crippen molar-refractivity contribution in [2.24, 2.45) is 0 Å². The van der Waals surface area contributed by atoms with Crippen molar-refractivity contribution >= 4 is 70.8 Å². The molecule has 0 spiro atoms. The minimum absolute atomic E-state index is 0.719. The van der Waals surface area contributed by atoms with Gasteiger partial charge in [0, 0.05) is 54.5 Å². The Labute approximate surface area is 310 Å². The summed E-state index contributed by atoms with van der Waals surface area (Å²) < 4.78 is 4.94. The van der Waals surface area contributed by atoms with Crippen LogP contribution in [-0.2, 0) is 0 Å². The molecule has 0 radical (unpaired) electrons. The monoisotopic (exact) mass is 686 g/mol. The van der Waals surface area contributed by atoms with Crippen molar-refractivity contribution in [1.29, 1.82) is 0 Å². The molecule has 0 fully saturated rings. The van der Waals surface area contributed by atoms with Gasteiger partial charge in [0.05, 0.1) is 38.8 Å². The summed E-state index contributed by atoms with van der Waals surface area (Å²) in [6, 6.07) is 65.2. The second-order valence-electron chi connectivity index (χ2n) is 14.2. The first-order chi connectivity index (χ1) is 26.8. The lowest BCUT2D eigenvalue weighted by atomic mass is 9.99. The molecule has 0 bridgehead atoms. The molecule has 4 aromatic heterocycles. The van der Waals surface area contributed by atoms with Crippen LogP contribution >= 0.6 is 0 Å². The van der Waals surface area contributed by atoms with Crippen LogP contribution in [-0.4, -0.2) is 18.9 Å². The van der Waals surface area contributed by atoms with Crippen LogP contribution in [0.1, 0.15) is 0 Å². The summed E-state index contributed by atoms with van der Waals surface area (Å²) in [5.41, 5.74) is 13.6. The van der Waals surface area contributed by atoms with E-state index in [1.165, 1.54) is 59.9 Å². The first-order valence-corrected chi connectivity index (χ1v) is 18.4. The molecular weight excluding hydrogens is 657 g/mol. The molecule has 12 aromatic rings. The van der Waals surface area contributed by atoms with E-state index >= 15 is 0 Å². The highest BCUT2D eigenvalue weighted by Gasteiger charge is 2.24. The van der Waals surface area contributed by atoms with Crippen molar-refractivity contribution in [3.8, 4) is 39.5 Å². The van der Waals surface area contributed by atoms with Crippen LogP contribution in [0.4, 0.5) is 0 Å². The fourth-order valence-electron chi connectivity index (χ4n) is 8.89. The first kappa shape index (κ1) is 29.3. The Balaban J connectivity index is 1.13. The molecule has 250 valence electrons. The number of aromatic nitrogens is 4. The van der Waals surface area contributed by atoms with Gasteiger partial charge in [-0.3, -0.25) is 0 Å². The summed E-state index contributed by atoms with van der Waals surface area (Å²) in [7, 11) is 0. The number of hydrogen-bond acceptors (Lipinski definition) is 2. The maximum atomic E-state index is 5.18. The van der Waals surface area contributed by atoms with E-state index < -0.39 is 0 Å². The third-order valence-electron chi connectivity index (χ3n) is 11.2. The molecule has 4 heteroatoms. The molecule has 4 heterocycles. The third-order valence-corrected chi connectivity index (χ3v) is 11.2. The Hall–Kier alpha value is -7.30. The van der Waals surface area contributed by atoms with Gasteiger partial charge in [0.1, 0.15) is 0 Å². The van der Waals surface area contributed by atoms with Gasteiger partial charge in [-0.25, -0.2) is 9.97 Å². The smallest absolute Gasteiger partial charge is 0.160 e. The summed E-state index contributed by atoms with van der Waals surface area (Å²) in [5.74, 6) is 0.719. The zero-order valence-corrected chi connectivity index (χ0v) is 29.1. The molecule has 0 aliphatic rings. The largest absolute Gasteiger partial charge is 0.309 e. The number of rotatable bonds is 4. The number of benzene rings is 8. The van der Waals surface area contributed by atoms with E-state index in [0.717, 1.165) is 50.4 Å². The Bertz CT molecular complexity index is 3430. The van der Waals surface area contributed by atoms with Gasteiger partial charge < -0.3 is 8.97 Å². The second kappa shape index (κ2) is 11.1. The molecule has 0 N–H and O–H groups in total. The summed E-state index contributed by atoms with van der Waals surface area (Å²) in [6.45, 7) is 0. The van der Waals surface area contributed by atoms with Gasteiger partial charge in [-0.1, -0.05) is 127 Å². The molecule has 0 amide bonds. The quantitative estimate of drug-likeness (QED) is 0.185. The van der Waals surface area contributed by atoms with Crippen molar-refractivity contribution in [1.82, 2.24) is 18.9 Å². The minimum atomic E-state index is 0.719. The van der Waals surface area contributed by atoms with Crippen LogP contribution < -0.4 is 0 Å². The molecule has 0 aliphatic heterocycles. The van der Waals surface area contributed by atoms with Gasteiger partial charge >= 0.3 is 0 Å². The van der Waals surface area contributed by atoms with Gasteiger partial charge in [0.25, 0.3) is 0 Å². The predicted molar refractivity (Wildman–Crippen MR) is 225 cm³/mol. The molecule has 54 heavy (non-hydrogen) atoms. The topological polar surface area (TPSA) is 35.1 Å². The molecule has 8 aromatic carbocycles. The molecule has 0 aliphatic carbocycles. The van der Waals surface area contributed by atoms with Crippen molar-refractivity contribution in [3.05, 3.63) is 182 Å². The average Bonchev–Trinajstić information content (AvgIpc) is 3.88. The summed E-state index contributed by atoms with van der Waals surface area (Å²) in [6.07, 6.45) is 0. The molecule has 4 nitrogen and oxygen atoms in total. The van der Waals surface area contributed by atoms with E-state index in [1.807, 2.05) is 12.1 Å². The number of nitrogens with zero attached hydrogens (tertiary/aromatic N) is 4. The summed E-state index contributed by atoms with van der Waals surface area (Å²) in [5, 5.41) is 8.65. The van der Waals surface area contributed by atoms with Gasteiger partial charge in [0.15, 0.2) is 5.82 Å². The molecular formula is C50H30N4. The van der Waals surface area contributed by atoms with Crippen LogP contribution in [0, 0.1) is 0 Å². The highest BCUT2D eigenvalue weighted by molar-refractivity contribution is 6.34. The van der Waals surface area contributed by atoms with E-state index in [1.54, 1.807) is 0 Å². The SMILES string of the molecule is c1ccc(-c2nc(-c3cccc(-c4ccc5c(c4)c4cc6c7ccccc7n7c8ccccc8c(c4n5-c4ccccc4)c67)c3)nc3ccccc23)cc1. The number of hydrogen-bond donors (Lipinski definition) is 0. The van der Waals surface area contributed by atoms with Crippen LogP contribution in [0.15, 0.2) is 182 Å². The summed E-state index contributed by atoms with van der Waals surface area (Å²) in [4.78, 5) is 10.2. The van der Waals surface area contributed by atoms with Crippen LogP contribution in [0.5, 0.6) is 0 Å². The van der Waals surface area contributed by atoms with Crippen LogP contribution in [0.2, 0.25) is 0 Å². The second-order valence-corrected chi connectivity index (χ2v) is 14.2. The number of para-hydroxylation sites is 4. The van der Waals surface area contributed by atoms with Crippen LogP contribution in [0.25, 0.3) is 110 Å². The molecule has 12 rings (SSSR count). The first-order valence-electron chi connectivity index (χ1n) is 18.4. The Morgan fingerprint density at radius 1 is 0.352 bits per heavy atom. The van der Waals surface area contributed by atoms with Crippen molar-refractivity contribution in [2.45, 2.75) is 0 Å². The van der Waals surface area contributed by atoms with E-state index in [0.29, 0.717) is 0 Å². The van der Waals surface area contributed by atoms with Gasteiger partial charge in [-0.05, 0) is 65.7 Å². The van der Waals surface area contributed by atoms with Crippen LogP contribution in [0.3, 0.4) is 0 Å². The fourth-order valence-corrected chi connectivity index (χ4v) is 8.89. The lowest BCUT2D eigenvalue weighted by Gasteiger charge is -2.11. The Morgan fingerprint density at radius 2 is 0.981 bits per heavy atom. The fraction of sp³-hybridized carbons (Fsp3) is 0. The van der Waals surface area contributed by atoms with E-state index in [9.17, 15) is 0 Å². The van der Waals surface area contributed by atoms with Crippen molar-refractivity contribution in [2.75, 3.05) is 0 Å². The maximum Gasteiger partial charge on any atom is 0.160 e. The lowest BCUT2D eigenvalue weighted by molar-refractivity contribution is 1.19. The van der Waals surface area contributed by atoms with E-state index in [4.69, 9.17) is 9.97 Å².